The van der Waals surface area contributed by atoms with Crippen LogP contribution in [0.3, 0.4) is 0 Å². The summed E-state index contributed by atoms with van der Waals surface area (Å²) in [4.78, 5) is 12.0. The first-order valence-corrected chi connectivity index (χ1v) is 6.65. The van der Waals surface area contributed by atoms with Gasteiger partial charge in [0.25, 0.3) is 5.91 Å². The Morgan fingerprint density at radius 2 is 2.05 bits per heavy atom. The summed E-state index contributed by atoms with van der Waals surface area (Å²) >= 11 is 3.38. The molecule has 1 aromatic carbocycles. The van der Waals surface area contributed by atoms with E-state index in [1.54, 1.807) is 6.92 Å². The Bertz CT molecular complexity index is 591. The zero-order chi connectivity index (χ0) is 14.0. The van der Waals surface area contributed by atoms with Crippen molar-refractivity contribution < 1.29 is 4.79 Å². The second-order valence-corrected chi connectivity index (χ2v) is 5.27. The van der Waals surface area contributed by atoms with Crippen molar-refractivity contribution in [1.29, 1.82) is 0 Å². The molecule has 0 fully saturated rings. The number of hydrogen-bond donors (Lipinski definition) is 3. The Kier molecular flexibility index (Phi) is 3.90. The Hall–Kier alpha value is -1.82. The summed E-state index contributed by atoms with van der Waals surface area (Å²) in [5.41, 5.74) is 8.12. The molecule has 0 aliphatic rings. The topological polar surface area (TPSA) is 83.8 Å². The minimum Gasteiger partial charge on any atom is -0.395 e. The van der Waals surface area contributed by atoms with Crippen molar-refractivity contribution in [3.63, 3.8) is 0 Å². The molecular weight excluding hydrogens is 308 g/mol. The van der Waals surface area contributed by atoms with Crippen LogP contribution >= 0.6 is 15.9 Å². The zero-order valence-electron chi connectivity index (χ0n) is 10.7. The highest BCUT2D eigenvalue weighted by atomic mass is 79.9. The van der Waals surface area contributed by atoms with Gasteiger partial charge in [0.15, 0.2) is 5.69 Å². The van der Waals surface area contributed by atoms with E-state index < -0.39 is 0 Å². The Morgan fingerprint density at radius 1 is 1.42 bits per heavy atom. The molecule has 5 nitrogen and oxygen atoms in total. The number of halogens is 1. The first kappa shape index (κ1) is 13.6. The van der Waals surface area contributed by atoms with Crippen LogP contribution < -0.4 is 11.1 Å². The van der Waals surface area contributed by atoms with Gasteiger partial charge in [-0.25, -0.2) is 0 Å². The van der Waals surface area contributed by atoms with E-state index in [2.05, 4.69) is 31.4 Å². The predicted molar refractivity (Wildman–Crippen MR) is 77.8 cm³/mol. The lowest BCUT2D eigenvalue weighted by atomic mass is 10.1. The largest absolute Gasteiger partial charge is 0.395 e. The normalized spacial score (nSPS) is 12.2. The van der Waals surface area contributed by atoms with Gasteiger partial charge in [0.05, 0.1) is 17.4 Å². The third kappa shape index (κ3) is 2.96. The highest BCUT2D eigenvalue weighted by molar-refractivity contribution is 9.10. The summed E-state index contributed by atoms with van der Waals surface area (Å²) in [7, 11) is 0. The molecule has 0 saturated heterocycles. The second kappa shape index (κ2) is 5.44. The van der Waals surface area contributed by atoms with Gasteiger partial charge in [0, 0.05) is 4.47 Å². The van der Waals surface area contributed by atoms with Crippen LogP contribution in [0.25, 0.3) is 0 Å². The van der Waals surface area contributed by atoms with Crippen LogP contribution in [0.15, 0.2) is 28.7 Å². The number of benzene rings is 1. The van der Waals surface area contributed by atoms with E-state index >= 15 is 0 Å². The lowest BCUT2D eigenvalue weighted by Crippen LogP contribution is -2.27. The van der Waals surface area contributed by atoms with Gasteiger partial charge in [0.1, 0.15) is 0 Å². The van der Waals surface area contributed by atoms with Crippen molar-refractivity contribution in [2.75, 3.05) is 5.73 Å². The number of nitrogens with one attached hydrogen (secondary N) is 2. The molecule has 0 unspecified atom stereocenters. The smallest absolute Gasteiger partial charge is 0.274 e. The van der Waals surface area contributed by atoms with Crippen LogP contribution in [0.2, 0.25) is 0 Å². The van der Waals surface area contributed by atoms with E-state index in [1.165, 1.54) is 0 Å². The fraction of sp³-hybridized carbons (Fsp3) is 0.231. The molecule has 1 atom stereocenters. The lowest BCUT2D eigenvalue weighted by molar-refractivity contribution is 0.0935. The fourth-order valence-corrected chi connectivity index (χ4v) is 1.98. The quantitative estimate of drug-likeness (QED) is 0.812. The third-order valence-electron chi connectivity index (χ3n) is 2.93. The monoisotopic (exact) mass is 322 g/mol. The van der Waals surface area contributed by atoms with Crippen molar-refractivity contribution in [2.24, 2.45) is 0 Å². The molecule has 6 heteroatoms. The van der Waals surface area contributed by atoms with Gasteiger partial charge in [-0.15, -0.1) is 0 Å². The molecule has 4 N–H and O–H groups in total. The van der Waals surface area contributed by atoms with Gasteiger partial charge in [-0.2, -0.15) is 5.10 Å². The van der Waals surface area contributed by atoms with E-state index in [9.17, 15) is 4.79 Å². The summed E-state index contributed by atoms with van der Waals surface area (Å²) in [6.45, 7) is 3.69. The van der Waals surface area contributed by atoms with E-state index in [4.69, 9.17) is 5.73 Å². The van der Waals surface area contributed by atoms with Crippen molar-refractivity contribution in [3.8, 4) is 0 Å². The number of hydrogen-bond acceptors (Lipinski definition) is 3. The maximum absolute atomic E-state index is 12.0. The molecule has 19 heavy (non-hydrogen) atoms. The van der Waals surface area contributed by atoms with Crippen LogP contribution in [0.1, 0.15) is 34.7 Å². The van der Waals surface area contributed by atoms with Crippen molar-refractivity contribution >= 4 is 27.5 Å². The number of amides is 1. The highest BCUT2D eigenvalue weighted by Gasteiger charge is 2.17. The Balaban J connectivity index is 2.10. The lowest BCUT2D eigenvalue weighted by Gasteiger charge is -2.13. The Labute approximate surface area is 119 Å². The summed E-state index contributed by atoms with van der Waals surface area (Å²) in [6, 6.07) is 7.66. The molecule has 1 aromatic heterocycles. The van der Waals surface area contributed by atoms with Gasteiger partial charge >= 0.3 is 0 Å². The number of carbonyl (C=O) groups excluding carboxylic acids is 1. The average molecular weight is 323 g/mol. The molecule has 2 rings (SSSR count). The summed E-state index contributed by atoms with van der Waals surface area (Å²) < 4.78 is 1.00. The first-order valence-electron chi connectivity index (χ1n) is 5.86. The van der Waals surface area contributed by atoms with Crippen molar-refractivity contribution in [1.82, 2.24) is 15.5 Å². The molecule has 0 radical (unpaired) electrons. The van der Waals surface area contributed by atoms with Gasteiger partial charge < -0.3 is 11.1 Å². The van der Waals surface area contributed by atoms with Crippen molar-refractivity contribution in [3.05, 3.63) is 45.7 Å². The van der Waals surface area contributed by atoms with E-state index in [0.29, 0.717) is 11.4 Å². The van der Waals surface area contributed by atoms with Crippen LogP contribution in [-0.2, 0) is 0 Å². The van der Waals surface area contributed by atoms with E-state index in [0.717, 1.165) is 10.0 Å². The number of anilines is 1. The number of aromatic nitrogens is 2. The summed E-state index contributed by atoms with van der Waals surface area (Å²) in [5.74, 6) is -0.280. The molecule has 1 amide bonds. The maximum Gasteiger partial charge on any atom is 0.274 e. The number of nitrogens with zero attached hydrogens (tertiary/aromatic N) is 1. The molecule has 0 saturated carbocycles. The van der Waals surface area contributed by atoms with Crippen LogP contribution in [0, 0.1) is 6.92 Å². The Morgan fingerprint density at radius 3 is 2.58 bits per heavy atom. The predicted octanol–water partition coefficient (Wildman–Crippen LogP) is 2.55. The zero-order valence-corrected chi connectivity index (χ0v) is 12.3. The van der Waals surface area contributed by atoms with Crippen LogP contribution in [0.5, 0.6) is 0 Å². The highest BCUT2D eigenvalue weighted by Crippen LogP contribution is 2.18. The molecular formula is C13H15BrN4O. The third-order valence-corrected chi connectivity index (χ3v) is 3.46. The number of nitrogen functional groups attached to an aromatic ring is 1. The number of H-pyrrole nitrogens is 1. The average Bonchev–Trinajstić information content (AvgIpc) is 2.70. The van der Waals surface area contributed by atoms with Gasteiger partial charge in [-0.1, -0.05) is 28.1 Å². The molecule has 1 heterocycles. The molecule has 0 aliphatic carbocycles. The van der Waals surface area contributed by atoms with Gasteiger partial charge in [-0.05, 0) is 31.5 Å². The van der Waals surface area contributed by atoms with Crippen molar-refractivity contribution in [2.45, 2.75) is 19.9 Å². The molecule has 100 valence electrons. The van der Waals surface area contributed by atoms with E-state index in [1.807, 2.05) is 31.2 Å². The van der Waals surface area contributed by atoms with E-state index in [-0.39, 0.29) is 17.6 Å². The molecule has 0 bridgehead atoms. The maximum atomic E-state index is 12.0. The number of aromatic amines is 1. The molecule has 0 spiro atoms. The second-order valence-electron chi connectivity index (χ2n) is 4.36. The van der Waals surface area contributed by atoms with Crippen LogP contribution in [0.4, 0.5) is 5.69 Å². The van der Waals surface area contributed by atoms with Crippen LogP contribution in [-0.4, -0.2) is 16.1 Å². The fourth-order valence-electron chi connectivity index (χ4n) is 1.71. The summed E-state index contributed by atoms with van der Waals surface area (Å²) in [5, 5.41) is 9.47. The summed E-state index contributed by atoms with van der Waals surface area (Å²) in [6.07, 6.45) is 0. The number of aryl methyl sites for hydroxylation is 1. The number of rotatable bonds is 3. The molecule has 2 aromatic rings. The standard InChI is InChI=1S/C13H15BrN4O/c1-7(9-3-5-10(14)6-4-9)16-13(19)12-11(15)8(2)17-18-12/h3-7H,15H2,1-2H3,(H,16,19)(H,17,18)/t7-/m0/s1. The minimum absolute atomic E-state index is 0.114. The minimum atomic E-state index is -0.280. The number of nitrogens with two attached hydrogens (primary N) is 1. The van der Waals surface area contributed by atoms with Gasteiger partial charge in [0.2, 0.25) is 0 Å². The molecule has 0 aliphatic heterocycles. The SMILES string of the molecule is Cc1[nH]nc(C(=O)N[C@@H](C)c2ccc(Br)cc2)c1N. The first-order chi connectivity index (χ1) is 8.99. The van der Waals surface area contributed by atoms with Gasteiger partial charge in [-0.3, -0.25) is 9.89 Å². The number of carbonyl (C=O) groups is 1.